The van der Waals surface area contributed by atoms with Gasteiger partial charge in [-0.2, -0.15) is 0 Å². The first-order valence-electron chi connectivity index (χ1n) is 9.75. The number of hydrogen-bond donors (Lipinski definition) is 1. The normalized spacial score (nSPS) is 14.6. The predicted octanol–water partition coefficient (Wildman–Crippen LogP) is 3.28. The van der Waals surface area contributed by atoms with Crippen molar-refractivity contribution in [2.45, 2.75) is 39.2 Å². The first-order chi connectivity index (χ1) is 13.5. The molecule has 0 bridgehead atoms. The van der Waals surface area contributed by atoms with Gasteiger partial charge in [0.25, 0.3) is 5.91 Å². The van der Waals surface area contributed by atoms with Crippen LogP contribution in [0.2, 0.25) is 0 Å². The number of ether oxygens (including phenoxy) is 1. The number of para-hydroxylation sites is 1. The molecular weight excluding hydrogens is 352 g/mol. The Morgan fingerprint density at radius 2 is 1.79 bits per heavy atom. The molecule has 0 spiro atoms. The van der Waals surface area contributed by atoms with Crippen molar-refractivity contribution in [3.63, 3.8) is 0 Å². The molecule has 0 unspecified atom stereocenters. The quantitative estimate of drug-likeness (QED) is 0.866. The summed E-state index contributed by atoms with van der Waals surface area (Å²) in [6.07, 6.45) is 1.88. The molecule has 1 aliphatic heterocycles. The first kappa shape index (κ1) is 19.9. The van der Waals surface area contributed by atoms with E-state index in [1.165, 1.54) is 5.56 Å². The maximum absolute atomic E-state index is 12.6. The fourth-order valence-corrected chi connectivity index (χ4v) is 3.55. The number of amides is 2. The van der Waals surface area contributed by atoms with Crippen LogP contribution in [0.1, 0.15) is 39.9 Å². The fourth-order valence-electron chi connectivity index (χ4n) is 3.55. The molecule has 1 heterocycles. The van der Waals surface area contributed by atoms with Crippen molar-refractivity contribution in [2.75, 3.05) is 20.2 Å². The van der Waals surface area contributed by atoms with Crippen LogP contribution in [0.25, 0.3) is 0 Å². The van der Waals surface area contributed by atoms with Gasteiger partial charge in [-0.25, -0.2) is 0 Å². The van der Waals surface area contributed by atoms with E-state index >= 15 is 0 Å². The lowest BCUT2D eigenvalue weighted by atomic mass is 10.0. The van der Waals surface area contributed by atoms with Crippen LogP contribution in [0.4, 0.5) is 0 Å². The van der Waals surface area contributed by atoms with Crippen molar-refractivity contribution >= 4 is 11.8 Å². The van der Waals surface area contributed by atoms with Crippen molar-refractivity contribution in [3.8, 4) is 5.75 Å². The molecule has 1 N–H and O–H groups in total. The molecule has 0 aromatic heterocycles. The Hall–Kier alpha value is -2.82. The van der Waals surface area contributed by atoms with Gasteiger partial charge in [0.05, 0.1) is 13.5 Å². The number of carbonyl (C=O) groups excluding carboxylic acids is 2. The standard InChI is InChI=1S/C23H28N2O3/c1-16-8-9-19(14-17(16)2)23(27)24-20-10-12-25(13-11-20)22(26)15-18-6-4-5-7-21(18)28-3/h4-9,14,20H,10-13,15H2,1-3H3,(H,24,27). The Labute approximate surface area is 166 Å². The summed E-state index contributed by atoms with van der Waals surface area (Å²) in [6.45, 7) is 5.37. The predicted molar refractivity (Wildman–Crippen MR) is 110 cm³/mol. The van der Waals surface area contributed by atoms with Gasteiger partial charge < -0.3 is 15.0 Å². The molecule has 0 saturated carbocycles. The summed E-state index contributed by atoms with van der Waals surface area (Å²) in [4.78, 5) is 27.0. The third kappa shape index (κ3) is 4.71. The number of nitrogens with one attached hydrogen (secondary N) is 1. The number of aryl methyl sites for hydroxylation is 2. The average Bonchev–Trinajstić information content (AvgIpc) is 2.71. The minimum Gasteiger partial charge on any atom is -0.496 e. The van der Waals surface area contributed by atoms with Crippen LogP contribution in [0.15, 0.2) is 42.5 Å². The van der Waals surface area contributed by atoms with Crippen LogP contribution >= 0.6 is 0 Å². The molecule has 2 aromatic carbocycles. The Kier molecular flexibility index (Phi) is 6.34. The molecule has 148 valence electrons. The fraction of sp³-hybridized carbons (Fsp3) is 0.391. The van der Waals surface area contributed by atoms with Crippen molar-refractivity contribution < 1.29 is 14.3 Å². The maximum Gasteiger partial charge on any atom is 0.251 e. The van der Waals surface area contributed by atoms with E-state index in [0.29, 0.717) is 25.1 Å². The molecule has 1 aliphatic rings. The van der Waals surface area contributed by atoms with Crippen LogP contribution < -0.4 is 10.1 Å². The third-order valence-corrected chi connectivity index (χ3v) is 5.49. The van der Waals surface area contributed by atoms with E-state index in [0.717, 1.165) is 29.7 Å². The highest BCUT2D eigenvalue weighted by Crippen LogP contribution is 2.20. The van der Waals surface area contributed by atoms with E-state index in [1.807, 2.05) is 61.2 Å². The molecule has 3 rings (SSSR count). The van der Waals surface area contributed by atoms with E-state index in [-0.39, 0.29) is 17.9 Å². The molecule has 0 radical (unpaired) electrons. The van der Waals surface area contributed by atoms with Gasteiger partial charge in [-0.05, 0) is 56.0 Å². The number of nitrogens with zero attached hydrogens (tertiary/aromatic N) is 1. The van der Waals surface area contributed by atoms with Crippen molar-refractivity contribution in [1.29, 1.82) is 0 Å². The molecule has 1 saturated heterocycles. The highest BCUT2D eigenvalue weighted by molar-refractivity contribution is 5.94. The molecule has 5 nitrogen and oxygen atoms in total. The summed E-state index contributed by atoms with van der Waals surface area (Å²) < 4.78 is 5.33. The second-order valence-corrected chi connectivity index (χ2v) is 7.42. The van der Waals surface area contributed by atoms with Gasteiger partial charge in [0.1, 0.15) is 5.75 Å². The van der Waals surface area contributed by atoms with E-state index in [2.05, 4.69) is 5.32 Å². The minimum atomic E-state index is -0.0399. The van der Waals surface area contributed by atoms with Gasteiger partial charge in [0.15, 0.2) is 0 Å². The summed E-state index contributed by atoms with van der Waals surface area (Å²) >= 11 is 0. The number of benzene rings is 2. The molecule has 0 aliphatic carbocycles. The largest absolute Gasteiger partial charge is 0.496 e. The SMILES string of the molecule is COc1ccccc1CC(=O)N1CCC(NC(=O)c2ccc(C)c(C)c2)CC1. The van der Waals surface area contributed by atoms with Crippen molar-refractivity contribution in [2.24, 2.45) is 0 Å². The summed E-state index contributed by atoms with van der Waals surface area (Å²) in [5, 5.41) is 3.11. The Bertz CT molecular complexity index is 855. The van der Waals surface area contributed by atoms with Gasteiger partial charge >= 0.3 is 0 Å². The second-order valence-electron chi connectivity index (χ2n) is 7.42. The number of rotatable bonds is 5. The number of methoxy groups -OCH3 is 1. The smallest absolute Gasteiger partial charge is 0.251 e. The molecule has 0 atom stereocenters. The first-order valence-corrected chi connectivity index (χ1v) is 9.75. The van der Waals surface area contributed by atoms with Crippen LogP contribution in [-0.2, 0) is 11.2 Å². The minimum absolute atomic E-state index is 0.0399. The van der Waals surface area contributed by atoms with E-state index in [4.69, 9.17) is 4.74 Å². The van der Waals surface area contributed by atoms with Crippen LogP contribution in [0.5, 0.6) is 5.75 Å². The lowest BCUT2D eigenvalue weighted by Gasteiger charge is -2.32. The van der Waals surface area contributed by atoms with Gasteiger partial charge in [-0.3, -0.25) is 9.59 Å². The van der Waals surface area contributed by atoms with E-state index < -0.39 is 0 Å². The number of likely N-dealkylation sites (tertiary alicyclic amines) is 1. The maximum atomic E-state index is 12.6. The summed E-state index contributed by atoms with van der Waals surface area (Å²) in [7, 11) is 1.62. The number of carbonyl (C=O) groups is 2. The van der Waals surface area contributed by atoms with E-state index in [1.54, 1.807) is 7.11 Å². The molecular formula is C23H28N2O3. The van der Waals surface area contributed by atoms with Gasteiger partial charge in [-0.1, -0.05) is 24.3 Å². The number of hydrogen-bond acceptors (Lipinski definition) is 3. The van der Waals surface area contributed by atoms with Gasteiger partial charge in [0.2, 0.25) is 5.91 Å². The van der Waals surface area contributed by atoms with E-state index in [9.17, 15) is 9.59 Å². The summed E-state index contributed by atoms with van der Waals surface area (Å²) in [5.74, 6) is 0.803. The monoisotopic (exact) mass is 380 g/mol. The third-order valence-electron chi connectivity index (χ3n) is 5.49. The highest BCUT2D eigenvalue weighted by Gasteiger charge is 2.24. The number of piperidine rings is 1. The lowest BCUT2D eigenvalue weighted by Crippen LogP contribution is -2.47. The van der Waals surface area contributed by atoms with Gasteiger partial charge in [0, 0.05) is 30.3 Å². The van der Waals surface area contributed by atoms with Crippen LogP contribution in [-0.4, -0.2) is 43.0 Å². The highest BCUT2D eigenvalue weighted by atomic mass is 16.5. The summed E-state index contributed by atoms with van der Waals surface area (Å²) in [6, 6.07) is 13.5. The zero-order chi connectivity index (χ0) is 20.1. The molecule has 2 amide bonds. The molecule has 2 aromatic rings. The van der Waals surface area contributed by atoms with Crippen molar-refractivity contribution in [3.05, 3.63) is 64.7 Å². The zero-order valence-electron chi connectivity index (χ0n) is 16.8. The summed E-state index contributed by atoms with van der Waals surface area (Å²) in [5.41, 5.74) is 3.89. The zero-order valence-corrected chi connectivity index (χ0v) is 16.8. The second kappa shape index (κ2) is 8.91. The molecule has 5 heteroatoms. The Morgan fingerprint density at radius 1 is 1.07 bits per heavy atom. The lowest BCUT2D eigenvalue weighted by molar-refractivity contribution is -0.131. The van der Waals surface area contributed by atoms with Crippen molar-refractivity contribution in [1.82, 2.24) is 10.2 Å². The molecule has 28 heavy (non-hydrogen) atoms. The van der Waals surface area contributed by atoms with Crippen LogP contribution in [0.3, 0.4) is 0 Å². The Balaban J connectivity index is 1.51. The molecule has 1 fully saturated rings. The topological polar surface area (TPSA) is 58.6 Å². The van der Waals surface area contributed by atoms with Gasteiger partial charge in [-0.15, -0.1) is 0 Å². The van der Waals surface area contributed by atoms with Crippen LogP contribution in [0, 0.1) is 13.8 Å². The Morgan fingerprint density at radius 3 is 2.46 bits per heavy atom. The average molecular weight is 380 g/mol.